The van der Waals surface area contributed by atoms with Gasteiger partial charge in [0.15, 0.2) is 0 Å². The lowest BCUT2D eigenvalue weighted by molar-refractivity contribution is 0.0226. The summed E-state index contributed by atoms with van der Waals surface area (Å²) < 4.78 is 10.7. The van der Waals surface area contributed by atoms with Gasteiger partial charge in [-0.25, -0.2) is 4.79 Å². The first-order chi connectivity index (χ1) is 16.0. The normalized spacial score (nSPS) is 27.1. The van der Waals surface area contributed by atoms with Gasteiger partial charge in [-0.2, -0.15) is 0 Å². The van der Waals surface area contributed by atoms with Crippen LogP contribution in [0.15, 0.2) is 48.5 Å². The van der Waals surface area contributed by atoms with Crippen molar-refractivity contribution in [3.05, 3.63) is 54.1 Å². The summed E-state index contributed by atoms with van der Waals surface area (Å²) in [4.78, 5) is 15.5. The molecule has 6 nitrogen and oxygen atoms in total. The maximum Gasteiger partial charge on any atom is 0.315 e. The molecule has 3 aliphatic heterocycles. The molecule has 3 heterocycles. The predicted octanol–water partition coefficient (Wildman–Crippen LogP) is 4.15. The summed E-state index contributed by atoms with van der Waals surface area (Å²) in [5, 5.41) is 6.65. The number of urea groups is 1. The van der Waals surface area contributed by atoms with Crippen LogP contribution in [-0.4, -0.2) is 56.4 Å². The molecule has 2 amide bonds. The number of amides is 2. The molecule has 6 rings (SSSR count). The van der Waals surface area contributed by atoms with E-state index in [1.165, 1.54) is 31.5 Å². The van der Waals surface area contributed by atoms with Gasteiger partial charge in [0.25, 0.3) is 0 Å². The van der Waals surface area contributed by atoms with Crippen molar-refractivity contribution >= 4 is 6.03 Å². The molecule has 33 heavy (non-hydrogen) atoms. The molecule has 6 heteroatoms. The smallest absolute Gasteiger partial charge is 0.315 e. The number of ether oxygens (including phenoxy) is 2. The lowest BCUT2D eigenvalue weighted by Gasteiger charge is -2.52. The predicted molar refractivity (Wildman–Crippen MR) is 129 cm³/mol. The summed E-state index contributed by atoms with van der Waals surface area (Å²) in [6.07, 6.45) is 4.34. The molecule has 1 unspecified atom stereocenters. The Kier molecular flexibility index (Phi) is 6.06. The second-order valence-electron chi connectivity index (χ2n) is 10.1. The van der Waals surface area contributed by atoms with E-state index in [4.69, 9.17) is 9.47 Å². The van der Waals surface area contributed by atoms with E-state index >= 15 is 0 Å². The van der Waals surface area contributed by atoms with Gasteiger partial charge < -0.3 is 25.0 Å². The van der Waals surface area contributed by atoms with Gasteiger partial charge in [0.2, 0.25) is 0 Å². The number of fused-ring (bicyclic) bond motifs is 3. The van der Waals surface area contributed by atoms with Crippen LogP contribution in [0.5, 0.6) is 5.75 Å². The molecule has 176 valence electrons. The molecule has 0 spiro atoms. The van der Waals surface area contributed by atoms with Crippen molar-refractivity contribution in [1.29, 1.82) is 0 Å². The topological polar surface area (TPSA) is 62.8 Å². The molecule has 0 radical (unpaired) electrons. The summed E-state index contributed by atoms with van der Waals surface area (Å²) in [6.45, 7) is 6.64. The fourth-order valence-corrected chi connectivity index (χ4v) is 5.55. The third-order valence-electron chi connectivity index (χ3n) is 7.72. The van der Waals surface area contributed by atoms with Crippen LogP contribution in [0.2, 0.25) is 0 Å². The minimum atomic E-state index is -0.230. The number of hydrogen-bond donors (Lipinski definition) is 2. The highest BCUT2D eigenvalue weighted by molar-refractivity contribution is 5.77. The first-order valence-electron chi connectivity index (χ1n) is 12.2. The van der Waals surface area contributed by atoms with Crippen LogP contribution in [-0.2, 0) is 10.3 Å². The maximum atomic E-state index is 13.0. The van der Waals surface area contributed by atoms with E-state index in [9.17, 15) is 4.79 Å². The van der Waals surface area contributed by atoms with E-state index in [-0.39, 0.29) is 17.1 Å². The summed E-state index contributed by atoms with van der Waals surface area (Å²) in [5.41, 5.74) is 3.13. The Morgan fingerprint density at radius 2 is 1.61 bits per heavy atom. The van der Waals surface area contributed by atoms with Crippen LogP contribution in [0, 0.1) is 5.92 Å². The average Bonchev–Trinajstić information content (AvgIpc) is 3.60. The monoisotopic (exact) mass is 449 g/mol. The highest BCUT2D eigenvalue weighted by Gasteiger charge is 2.48. The second kappa shape index (κ2) is 8.99. The van der Waals surface area contributed by atoms with Crippen LogP contribution in [0.3, 0.4) is 0 Å². The van der Waals surface area contributed by atoms with Gasteiger partial charge in [0.1, 0.15) is 12.4 Å². The molecule has 1 atom stereocenters. The fraction of sp³-hybridized carbons (Fsp3) is 0.519. The lowest BCUT2D eigenvalue weighted by Crippen LogP contribution is -2.66. The number of methoxy groups -OCH3 is 1. The number of carbonyl (C=O) groups excluding carboxylic acids is 1. The number of hydrogen-bond acceptors (Lipinski definition) is 4. The van der Waals surface area contributed by atoms with Crippen molar-refractivity contribution in [3.8, 4) is 16.9 Å². The van der Waals surface area contributed by atoms with Crippen molar-refractivity contribution in [1.82, 2.24) is 15.5 Å². The molecule has 1 saturated carbocycles. The number of nitrogens with zero attached hydrogens (tertiary/aromatic N) is 1. The molecular formula is C27H35N3O3. The van der Waals surface area contributed by atoms with E-state index in [1.54, 1.807) is 7.11 Å². The quantitative estimate of drug-likeness (QED) is 0.595. The maximum absolute atomic E-state index is 13.0. The van der Waals surface area contributed by atoms with Crippen LogP contribution in [0.1, 0.15) is 38.2 Å². The Bertz CT molecular complexity index is 963. The summed E-state index contributed by atoms with van der Waals surface area (Å²) in [7, 11) is 1.67. The highest BCUT2D eigenvalue weighted by Crippen LogP contribution is 2.46. The number of benzene rings is 2. The third kappa shape index (κ3) is 4.73. The summed E-state index contributed by atoms with van der Waals surface area (Å²) >= 11 is 0. The molecule has 1 aliphatic carbocycles. The van der Waals surface area contributed by atoms with Crippen molar-refractivity contribution in [2.75, 3.05) is 40.0 Å². The van der Waals surface area contributed by atoms with Gasteiger partial charge in [-0.1, -0.05) is 36.4 Å². The van der Waals surface area contributed by atoms with Crippen LogP contribution in [0.25, 0.3) is 11.1 Å². The Hall–Kier alpha value is -2.57. The van der Waals surface area contributed by atoms with E-state index in [0.717, 1.165) is 36.3 Å². The largest absolute Gasteiger partial charge is 0.491 e. The van der Waals surface area contributed by atoms with E-state index in [0.29, 0.717) is 19.1 Å². The van der Waals surface area contributed by atoms with Gasteiger partial charge >= 0.3 is 6.03 Å². The standard InChI is InChI=1S/C27H35N3O3/c1-26(19-30-15-11-22(26)12-16-30)28-25(31)29-27(13-14-27)23-7-3-20(4-8-23)21-5-9-24(10-6-21)33-18-17-32-2/h3-10,22H,11-19H2,1-2H3,(H2,28,29,31). The van der Waals surface area contributed by atoms with Gasteiger partial charge in [0.05, 0.1) is 17.7 Å². The summed E-state index contributed by atoms with van der Waals surface area (Å²) in [5.74, 6) is 1.43. The fourth-order valence-electron chi connectivity index (χ4n) is 5.55. The first-order valence-corrected chi connectivity index (χ1v) is 12.2. The molecule has 2 aromatic carbocycles. The Balaban J connectivity index is 1.20. The second-order valence-corrected chi connectivity index (χ2v) is 10.1. The Morgan fingerprint density at radius 3 is 2.15 bits per heavy atom. The van der Waals surface area contributed by atoms with Gasteiger partial charge in [0, 0.05) is 13.7 Å². The van der Waals surface area contributed by atoms with E-state index in [1.807, 2.05) is 12.1 Å². The minimum absolute atomic E-state index is 0.0307. The zero-order valence-electron chi connectivity index (χ0n) is 19.7. The van der Waals surface area contributed by atoms with Crippen molar-refractivity contribution in [2.24, 2.45) is 5.92 Å². The minimum Gasteiger partial charge on any atom is -0.491 e. The number of nitrogens with one attached hydrogen (secondary N) is 2. The molecule has 4 fully saturated rings. The molecule has 3 saturated heterocycles. The van der Waals surface area contributed by atoms with Gasteiger partial charge in [-0.3, -0.25) is 0 Å². The highest BCUT2D eigenvalue weighted by atomic mass is 16.5. The van der Waals surface area contributed by atoms with E-state index < -0.39 is 0 Å². The van der Waals surface area contributed by atoms with Crippen LogP contribution in [0.4, 0.5) is 4.79 Å². The number of rotatable bonds is 8. The van der Waals surface area contributed by atoms with E-state index in [2.05, 4.69) is 58.9 Å². The average molecular weight is 450 g/mol. The number of carbonyl (C=O) groups is 1. The van der Waals surface area contributed by atoms with Gasteiger partial charge in [-0.05, 0) is 80.4 Å². The Morgan fingerprint density at radius 1 is 0.970 bits per heavy atom. The lowest BCUT2D eigenvalue weighted by atomic mass is 9.74. The van der Waals surface area contributed by atoms with Gasteiger partial charge in [-0.15, -0.1) is 0 Å². The third-order valence-corrected chi connectivity index (χ3v) is 7.72. The van der Waals surface area contributed by atoms with Crippen molar-refractivity contribution < 1.29 is 14.3 Å². The molecule has 2 N–H and O–H groups in total. The zero-order chi connectivity index (χ0) is 22.9. The van der Waals surface area contributed by atoms with Crippen LogP contribution >= 0.6 is 0 Å². The first kappa shape index (κ1) is 22.2. The number of piperidine rings is 3. The molecular weight excluding hydrogens is 414 g/mol. The SMILES string of the molecule is COCCOc1ccc(-c2ccc(C3(NC(=O)NC4(C)CN5CCC4CC5)CC3)cc2)cc1. The van der Waals surface area contributed by atoms with Crippen molar-refractivity contribution in [2.45, 2.75) is 43.7 Å². The van der Waals surface area contributed by atoms with Crippen LogP contribution < -0.4 is 15.4 Å². The van der Waals surface area contributed by atoms with Crippen molar-refractivity contribution in [3.63, 3.8) is 0 Å². The molecule has 2 bridgehead atoms. The molecule has 4 aliphatic rings. The molecule has 0 aromatic heterocycles. The summed E-state index contributed by atoms with van der Waals surface area (Å²) in [6, 6.07) is 16.7. The zero-order valence-corrected chi connectivity index (χ0v) is 19.7. The molecule has 2 aromatic rings. The Labute approximate surface area is 196 Å².